The minimum Gasteiger partial charge on any atom is -0.335 e. The Morgan fingerprint density at radius 1 is 1.26 bits per heavy atom. The van der Waals surface area contributed by atoms with E-state index in [2.05, 4.69) is 53.9 Å². The highest BCUT2D eigenvalue weighted by Gasteiger charge is 2.14. The van der Waals surface area contributed by atoms with E-state index in [1.165, 1.54) is 16.7 Å². The van der Waals surface area contributed by atoms with Crippen LogP contribution in [0.25, 0.3) is 0 Å². The summed E-state index contributed by atoms with van der Waals surface area (Å²) in [7, 11) is 0. The first-order chi connectivity index (χ1) is 9.13. The van der Waals surface area contributed by atoms with Crippen LogP contribution < -0.4 is 11.3 Å². The van der Waals surface area contributed by atoms with E-state index in [1.54, 1.807) is 0 Å². The van der Waals surface area contributed by atoms with E-state index in [-0.39, 0.29) is 6.04 Å². The van der Waals surface area contributed by atoms with Gasteiger partial charge in [0.1, 0.15) is 5.82 Å². The molecule has 3 N–H and O–H groups in total. The molecule has 19 heavy (non-hydrogen) atoms. The van der Waals surface area contributed by atoms with Gasteiger partial charge in [0, 0.05) is 25.4 Å². The molecule has 2 rings (SSSR count). The Bertz CT molecular complexity index is 525. The van der Waals surface area contributed by atoms with Crippen LogP contribution in [0.2, 0.25) is 0 Å². The smallest absolute Gasteiger partial charge is 0.110 e. The standard InChI is InChI=1S/C15H22N4/c1-4-19-6-5-17-15(19)10-14(18-16)13-8-11(2)7-12(3)9-13/h5-9,14,18H,4,10,16H2,1-3H3. The van der Waals surface area contributed by atoms with Crippen molar-refractivity contribution in [2.75, 3.05) is 0 Å². The molecule has 0 fully saturated rings. The van der Waals surface area contributed by atoms with Gasteiger partial charge in [0.15, 0.2) is 0 Å². The predicted octanol–water partition coefficient (Wildman–Crippen LogP) is 2.27. The Kier molecular flexibility index (Phi) is 4.35. The van der Waals surface area contributed by atoms with Crippen LogP contribution in [-0.4, -0.2) is 9.55 Å². The van der Waals surface area contributed by atoms with Gasteiger partial charge in [-0.2, -0.15) is 0 Å². The summed E-state index contributed by atoms with van der Waals surface area (Å²) < 4.78 is 2.15. The average Bonchev–Trinajstić information content (AvgIpc) is 2.81. The number of aromatic nitrogens is 2. The van der Waals surface area contributed by atoms with Gasteiger partial charge < -0.3 is 4.57 Å². The molecule has 0 saturated heterocycles. The summed E-state index contributed by atoms with van der Waals surface area (Å²) in [5.74, 6) is 6.79. The van der Waals surface area contributed by atoms with Crippen LogP contribution >= 0.6 is 0 Å². The monoisotopic (exact) mass is 258 g/mol. The summed E-state index contributed by atoms with van der Waals surface area (Å²) in [6, 6.07) is 6.61. The summed E-state index contributed by atoms with van der Waals surface area (Å²) >= 11 is 0. The molecule has 0 aliphatic rings. The first kappa shape index (κ1) is 13.8. The fourth-order valence-corrected chi connectivity index (χ4v) is 2.48. The number of aryl methyl sites for hydroxylation is 3. The second-order valence-corrected chi connectivity index (χ2v) is 4.97. The van der Waals surface area contributed by atoms with E-state index in [4.69, 9.17) is 5.84 Å². The Balaban J connectivity index is 2.25. The Morgan fingerprint density at radius 3 is 2.53 bits per heavy atom. The van der Waals surface area contributed by atoms with Gasteiger partial charge in [0.05, 0.1) is 6.04 Å². The second-order valence-electron chi connectivity index (χ2n) is 4.97. The highest BCUT2D eigenvalue weighted by atomic mass is 15.2. The minimum atomic E-state index is 0.0892. The van der Waals surface area contributed by atoms with Crippen LogP contribution in [0, 0.1) is 13.8 Å². The number of nitrogens with zero attached hydrogens (tertiary/aromatic N) is 2. The molecule has 1 atom stereocenters. The van der Waals surface area contributed by atoms with Crippen LogP contribution in [0.5, 0.6) is 0 Å². The van der Waals surface area contributed by atoms with Gasteiger partial charge in [-0.15, -0.1) is 0 Å². The van der Waals surface area contributed by atoms with Crippen molar-refractivity contribution in [1.82, 2.24) is 15.0 Å². The molecular weight excluding hydrogens is 236 g/mol. The van der Waals surface area contributed by atoms with Crippen LogP contribution in [0.3, 0.4) is 0 Å². The van der Waals surface area contributed by atoms with Crippen molar-refractivity contribution >= 4 is 0 Å². The lowest BCUT2D eigenvalue weighted by atomic mass is 9.99. The molecule has 0 spiro atoms. The van der Waals surface area contributed by atoms with Crippen molar-refractivity contribution in [3.05, 3.63) is 53.1 Å². The molecular formula is C15H22N4. The van der Waals surface area contributed by atoms with Gasteiger partial charge in [-0.25, -0.2) is 4.98 Å². The van der Waals surface area contributed by atoms with E-state index < -0.39 is 0 Å². The molecule has 1 aromatic heterocycles. The number of hydrogen-bond acceptors (Lipinski definition) is 3. The molecule has 1 heterocycles. The summed E-state index contributed by atoms with van der Waals surface area (Å²) in [5, 5.41) is 0. The number of imidazole rings is 1. The van der Waals surface area contributed by atoms with Crippen LogP contribution in [0.4, 0.5) is 0 Å². The molecule has 0 radical (unpaired) electrons. The fourth-order valence-electron chi connectivity index (χ4n) is 2.48. The van der Waals surface area contributed by atoms with Crippen molar-refractivity contribution in [1.29, 1.82) is 0 Å². The summed E-state index contributed by atoms with van der Waals surface area (Å²) in [6.45, 7) is 7.26. The van der Waals surface area contributed by atoms with E-state index in [1.807, 2.05) is 12.4 Å². The van der Waals surface area contributed by atoms with Crippen molar-refractivity contribution < 1.29 is 0 Å². The quantitative estimate of drug-likeness (QED) is 0.639. The third kappa shape index (κ3) is 3.22. The third-order valence-corrected chi connectivity index (χ3v) is 3.38. The molecule has 0 aliphatic carbocycles. The maximum Gasteiger partial charge on any atom is 0.110 e. The highest BCUT2D eigenvalue weighted by molar-refractivity contribution is 5.31. The molecule has 4 heteroatoms. The molecule has 2 aromatic rings. The Morgan fingerprint density at radius 2 is 1.95 bits per heavy atom. The van der Waals surface area contributed by atoms with E-state index >= 15 is 0 Å². The Hall–Kier alpha value is -1.65. The molecule has 102 valence electrons. The number of nitrogens with two attached hydrogens (primary N) is 1. The maximum atomic E-state index is 5.73. The van der Waals surface area contributed by atoms with E-state index in [0.717, 1.165) is 18.8 Å². The van der Waals surface area contributed by atoms with E-state index in [9.17, 15) is 0 Å². The predicted molar refractivity (Wildman–Crippen MR) is 77.6 cm³/mol. The lowest BCUT2D eigenvalue weighted by Crippen LogP contribution is -2.30. The zero-order valence-corrected chi connectivity index (χ0v) is 11.9. The first-order valence-electron chi connectivity index (χ1n) is 6.68. The van der Waals surface area contributed by atoms with Gasteiger partial charge in [0.2, 0.25) is 0 Å². The second kappa shape index (κ2) is 5.99. The number of hydrazine groups is 1. The molecule has 0 bridgehead atoms. The number of rotatable bonds is 5. The number of benzene rings is 1. The third-order valence-electron chi connectivity index (χ3n) is 3.38. The largest absolute Gasteiger partial charge is 0.335 e. The molecule has 1 aromatic carbocycles. The van der Waals surface area contributed by atoms with Crippen molar-refractivity contribution in [3.63, 3.8) is 0 Å². The van der Waals surface area contributed by atoms with Gasteiger partial charge in [-0.3, -0.25) is 11.3 Å². The lowest BCUT2D eigenvalue weighted by molar-refractivity contribution is 0.522. The van der Waals surface area contributed by atoms with Crippen molar-refractivity contribution in [2.24, 2.45) is 5.84 Å². The molecule has 0 saturated carbocycles. The van der Waals surface area contributed by atoms with Gasteiger partial charge >= 0.3 is 0 Å². The minimum absolute atomic E-state index is 0.0892. The highest BCUT2D eigenvalue weighted by Crippen LogP contribution is 2.20. The molecule has 4 nitrogen and oxygen atoms in total. The zero-order chi connectivity index (χ0) is 13.8. The van der Waals surface area contributed by atoms with Crippen LogP contribution in [0.15, 0.2) is 30.6 Å². The molecule has 0 aliphatic heterocycles. The summed E-state index contributed by atoms with van der Waals surface area (Å²) in [6.07, 6.45) is 4.64. The lowest BCUT2D eigenvalue weighted by Gasteiger charge is -2.18. The van der Waals surface area contributed by atoms with Crippen LogP contribution in [0.1, 0.15) is 35.5 Å². The first-order valence-corrected chi connectivity index (χ1v) is 6.68. The zero-order valence-electron chi connectivity index (χ0n) is 11.9. The van der Waals surface area contributed by atoms with Crippen molar-refractivity contribution in [3.8, 4) is 0 Å². The van der Waals surface area contributed by atoms with Crippen molar-refractivity contribution in [2.45, 2.75) is 39.8 Å². The molecule has 1 unspecified atom stereocenters. The van der Waals surface area contributed by atoms with Crippen LogP contribution in [-0.2, 0) is 13.0 Å². The maximum absolute atomic E-state index is 5.73. The topological polar surface area (TPSA) is 55.9 Å². The summed E-state index contributed by atoms with van der Waals surface area (Å²) in [5.41, 5.74) is 6.64. The average molecular weight is 258 g/mol. The molecule has 0 amide bonds. The SMILES string of the molecule is CCn1ccnc1CC(NN)c1cc(C)cc(C)c1. The van der Waals surface area contributed by atoms with Gasteiger partial charge in [0.25, 0.3) is 0 Å². The normalized spacial score (nSPS) is 12.6. The summed E-state index contributed by atoms with van der Waals surface area (Å²) in [4.78, 5) is 4.41. The number of hydrogen-bond donors (Lipinski definition) is 2. The van der Waals surface area contributed by atoms with Gasteiger partial charge in [-0.05, 0) is 26.3 Å². The fraction of sp³-hybridized carbons (Fsp3) is 0.400. The number of nitrogens with one attached hydrogen (secondary N) is 1. The van der Waals surface area contributed by atoms with Gasteiger partial charge in [-0.1, -0.05) is 29.3 Å². The Labute approximate surface area is 114 Å². The van der Waals surface area contributed by atoms with E-state index in [0.29, 0.717) is 0 Å².